The Morgan fingerprint density at radius 1 is 1.29 bits per heavy atom. The summed E-state index contributed by atoms with van der Waals surface area (Å²) in [5, 5.41) is 2.85. The zero-order chi connectivity index (χ0) is 14.7. The summed E-state index contributed by atoms with van der Waals surface area (Å²) in [6.07, 6.45) is 2.34. The smallest absolute Gasteiger partial charge is 0.286 e. The third-order valence-corrected chi connectivity index (χ3v) is 3.43. The van der Waals surface area contributed by atoms with Crippen LogP contribution in [0.2, 0.25) is 0 Å². The van der Waals surface area contributed by atoms with E-state index in [1.54, 1.807) is 12.1 Å². The molecule has 5 nitrogen and oxygen atoms in total. The Hall–Kier alpha value is -2.56. The van der Waals surface area contributed by atoms with Gasteiger partial charge in [0.2, 0.25) is 0 Å². The molecule has 0 radical (unpaired) electrons. The van der Waals surface area contributed by atoms with Crippen LogP contribution in [0.25, 0.3) is 11.0 Å². The molecule has 0 saturated carbocycles. The van der Waals surface area contributed by atoms with Crippen molar-refractivity contribution in [3.05, 3.63) is 54.2 Å². The molecule has 21 heavy (non-hydrogen) atoms. The van der Waals surface area contributed by atoms with Crippen molar-refractivity contribution in [3.8, 4) is 0 Å². The summed E-state index contributed by atoms with van der Waals surface area (Å²) < 4.78 is 7.22. The lowest BCUT2D eigenvalue weighted by atomic mass is 10.3. The van der Waals surface area contributed by atoms with E-state index in [2.05, 4.69) is 20.9 Å². The second-order valence-electron chi connectivity index (χ2n) is 4.89. The van der Waals surface area contributed by atoms with Gasteiger partial charge in [0, 0.05) is 13.1 Å². The largest absolute Gasteiger partial charge is 0.459 e. The van der Waals surface area contributed by atoms with Crippen molar-refractivity contribution in [1.29, 1.82) is 0 Å². The minimum Gasteiger partial charge on any atom is -0.459 e. The number of aryl methyl sites for hydroxylation is 2. The molecule has 3 aromatic rings. The number of benzene rings is 1. The third-order valence-electron chi connectivity index (χ3n) is 3.43. The lowest BCUT2D eigenvalue weighted by Crippen LogP contribution is -2.24. The number of furan rings is 1. The summed E-state index contributed by atoms with van der Waals surface area (Å²) in [5.74, 6) is 1.17. The second kappa shape index (κ2) is 5.83. The number of nitrogens with zero attached hydrogens (tertiary/aromatic N) is 2. The van der Waals surface area contributed by atoms with Crippen LogP contribution in [-0.4, -0.2) is 22.0 Å². The second-order valence-corrected chi connectivity index (χ2v) is 4.89. The molecule has 1 N–H and O–H groups in total. The number of fused-ring (bicyclic) bond motifs is 1. The molecule has 0 fully saturated rings. The fraction of sp³-hybridized carbons (Fsp3) is 0.250. The van der Waals surface area contributed by atoms with Gasteiger partial charge in [-0.3, -0.25) is 4.79 Å². The lowest BCUT2D eigenvalue weighted by Gasteiger charge is -2.07. The molecule has 0 aliphatic carbocycles. The first kappa shape index (κ1) is 13.4. The van der Waals surface area contributed by atoms with Crippen molar-refractivity contribution in [3.63, 3.8) is 0 Å². The van der Waals surface area contributed by atoms with Crippen molar-refractivity contribution in [2.75, 3.05) is 6.54 Å². The van der Waals surface area contributed by atoms with Crippen LogP contribution in [0, 0.1) is 6.92 Å². The molecule has 2 heterocycles. The fourth-order valence-corrected chi connectivity index (χ4v) is 2.41. The monoisotopic (exact) mass is 283 g/mol. The predicted octanol–water partition coefficient (Wildman–Crippen LogP) is 2.76. The average Bonchev–Trinajstić information content (AvgIpc) is 3.11. The SMILES string of the molecule is Cc1nc2ccccc2n1CCCNC(=O)c1ccco1. The van der Waals surface area contributed by atoms with Gasteiger partial charge in [-0.25, -0.2) is 4.98 Å². The highest BCUT2D eigenvalue weighted by molar-refractivity contribution is 5.91. The van der Waals surface area contributed by atoms with Gasteiger partial charge in [-0.05, 0) is 37.6 Å². The zero-order valence-corrected chi connectivity index (χ0v) is 11.9. The Labute approximate surface area is 122 Å². The lowest BCUT2D eigenvalue weighted by molar-refractivity contribution is 0.0925. The first-order valence-corrected chi connectivity index (χ1v) is 6.99. The van der Waals surface area contributed by atoms with E-state index in [1.807, 2.05) is 25.1 Å². The maximum Gasteiger partial charge on any atom is 0.286 e. The number of amides is 1. The highest BCUT2D eigenvalue weighted by Crippen LogP contribution is 2.15. The predicted molar refractivity (Wildman–Crippen MR) is 80.1 cm³/mol. The number of hydrogen-bond acceptors (Lipinski definition) is 3. The number of nitrogens with one attached hydrogen (secondary N) is 1. The van der Waals surface area contributed by atoms with Gasteiger partial charge < -0.3 is 14.3 Å². The molecule has 0 bridgehead atoms. The number of para-hydroxylation sites is 2. The van der Waals surface area contributed by atoms with Gasteiger partial charge >= 0.3 is 0 Å². The summed E-state index contributed by atoms with van der Waals surface area (Å²) in [6.45, 7) is 3.43. The maximum absolute atomic E-state index is 11.7. The first-order chi connectivity index (χ1) is 10.3. The Morgan fingerprint density at radius 3 is 2.95 bits per heavy atom. The normalized spacial score (nSPS) is 10.9. The number of carbonyl (C=O) groups excluding carboxylic acids is 1. The summed E-state index contributed by atoms with van der Waals surface area (Å²) >= 11 is 0. The molecule has 0 atom stereocenters. The molecule has 1 aromatic carbocycles. The molecule has 0 unspecified atom stereocenters. The Kier molecular flexibility index (Phi) is 3.73. The topological polar surface area (TPSA) is 60.1 Å². The zero-order valence-electron chi connectivity index (χ0n) is 11.9. The molecule has 5 heteroatoms. The summed E-state index contributed by atoms with van der Waals surface area (Å²) in [7, 11) is 0. The van der Waals surface area contributed by atoms with Crippen LogP contribution in [0.1, 0.15) is 22.8 Å². The number of imidazole rings is 1. The van der Waals surface area contributed by atoms with Crippen molar-refractivity contribution in [1.82, 2.24) is 14.9 Å². The molecular weight excluding hydrogens is 266 g/mol. The van der Waals surface area contributed by atoms with Gasteiger partial charge in [0.1, 0.15) is 5.82 Å². The minimum absolute atomic E-state index is 0.174. The van der Waals surface area contributed by atoms with Gasteiger partial charge in [-0.15, -0.1) is 0 Å². The van der Waals surface area contributed by atoms with Gasteiger partial charge in [0.05, 0.1) is 17.3 Å². The molecule has 0 spiro atoms. The summed E-state index contributed by atoms with van der Waals surface area (Å²) in [4.78, 5) is 16.3. The van der Waals surface area contributed by atoms with Gasteiger partial charge in [0.25, 0.3) is 5.91 Å². The highest BCUT2D eigenvalue weighted by Gasteiger charge is 2.08. The first-order valence-electron chi connectivity index (χ1n) is 6.99. The Morgan fingerprint density at radius 2 is 2.14 bits per heavy atom. The van der Waals surface area contributed by atoms with Crippen LogP contribution in [0.3, 0.4) is 0 Å². The van der Waals surface area contributed by atoms with Crippen LogP contribution < -0.4 is 5.32 Å². The summed E-state index contributed by atoms with van der Waals surface area (Å²) in [6, 6.07) is 11.4. The summed E-state index contributed by atoms with van der Waals surface area (Å²) in [5.41, 5.74) is 2.14. The molecule has 1 amide bonds. The van der Waals surface area contributed by atoms with E-state index in [0.29, 0.717) is 12.3 Å². The highest BCUT2D eigenvalue weighted by atomic mass is 16.3. The van der Waals surface area contributed by atoms with Crippen LogP contribution in [0.15, 0.2) is 47.1 Å². The fourth-order valence-electron chi connectivity index (χ4n) is 2.41. The number of hydrogen-bond donors (Lipinski definition) is 1. The van der Waals surface area contributed by atoms with Crippen molar-refractivity contribution in [2.45, 2.75) is 19.9 Å². The van der Waals surface area contributed by atoms with E-state index in [0.717, 1.165) is 29.8 Å². The van der Waals surface area contributed by atoms with Gasteiger partial charge in [-0.1, -0.05) is 12.1 Å². The van der Waals surface area contributed by atoms with E-state index >= 15 is 0 Å². The quantitative estimate of drug-likeness (QED) is 0.732. The molecule has 0 saturated heterocycles. The molecule has 0 aliphatic rings. The van der Waals surface area contributed by atoms with Crippen LogP contribution in [0.5, 0.6) is 0 Å². The van der Waals surface area contributed by atoms with Gasteiger partial charge in [-0.2, -0.15) is 0 Å². The van der Waals surface area contributed by atoms with Crippen molar-refractivity contribution < 1.29 is 9.21 Å². The van der Waals surface area contributed by atoms with Crippen molar-refractivity contribution >= 4 is 16.9 Å². The molecule has 0 aliphatic heterocycles. The minimum atomic E-state index is -0.174. The number of carbonyl (C=O) groups is 1. The number of rotatable bonds is 5. The van der Waals surface area contributed by atoms with E-state index in [1.165, 1.54) is 6.26 Å². The Bertz CT molecular complexity index is 744. The van der Waals surface area contributed by atoms with Crippen LogP contribution in [0.4, 0.5) is 0 Å². The standard InChI is InChI=1S/C16H17N3O2/c1-12-18-13-6-2-3-7-14(13)19(12)10-5-9-17-16(20)15-8-4-11-21-15/h2-4,6-8,11H,5,9-10H2,1H3,(H,17,20). The third kappa shape index (κ3) is 2.81. The van der Waals surface area contributed by atoms with E-state index in [-0.39, 0.29) is 5.91 Å². The molecule has 2 aromatic heterocycles. The maximum atomic E-state index is 11.7. The number of aromatic nitrogens is 2. The van der Waals surface area contributed by atoms with Gasteiger partial charge in [0.15, 0.2) is 5.76 Å². The van der Waals surface area contributed by atoms with E-state index in [9.17, 15) is 4.79 Å². The molecule has 108 valence electrons. The Balaban J connectivity index is 1.57. The van der Waals surface area contributed by atoms with E-state index < -0.39 is 0 Å². The molecular formula is C16H17N3O2. The van der Waals surface area contributed by atoms with E-state index in [4.69, 9.17) is 4.42 Å². The van der Waals surface area contributed by atoms with Crippen LogP contribution in [-0.2, 0) is 6.54 Å². The van der Waals surface area contributed by atoms with Crippen molar-refractivity contribution in [2.24, 2.45) is 0 Å². The average molecular weight is 283 g/mol. The molecule has 3 rings (SSSR count). The van der Waals surface area contributed by atoms with Crippen LogP contribution >= 0.6 is 0 Å².